The van der Waals surface area contributed by atoms with Crippen molar-refractivity contribution in [1.29, 1.82) is 0 Å². The quantitative estimate of drug-likeness (QED) is 0.358. The number of fused-ring (bicyclic) bond motifs is 4. The van der Waals surface area contributed by atoms with Crippen LogP contribution in [0.25, 0.3) is 0 Å². The van der Waals surface area contributed by atoms with Crippen LogP contribution in [0.15, 0.2) is 36.4 Å². The monoisotopic (exact) mass is 695 g/mol. The predicted molar refractivity (Wildman–Crippen MR) is 194 cm³/mol. The van der Waals surface area contributed by atoms with Gasteiger partial charge in [0.25, 0.3) is 5.91 Å². The van der Waals surface area contributed by atoms with E-state index in [1.807, 2.05) is 25.1 Å². The van der Waals surface area contributed by atoms with E-state index in [4.69, 9.17) is 16.3 Å². The van der Waals surface area contributed by atoms with Gasteiger partial charge >= 0.3 is 0 Å². The molecule has 0 radical (unpaired) electrons. The van der Waals surface area contributed by atoms with Crippen LogP contribution in [0, 0.1) is 17.8 Å². The van der Waals surface area contributed by atoms with Gasteiger partial charge in [-0.2, -0.15) is 0 Å². The zero-order valence-corrected chi connectivity index (χ0v) is 30.4. The molecule has 1 amide bonds. The van der Waals surface area contributed by atoms with Crippen LogP contribution >= 0.6 is 11.6 Å². The van der Waals surface area contributed by atoms with Crippen molar-refractivity contribution in [3.63, 3.8) is 0 Å². The van der Waals surface area contributed by atoms with Crippen LogP contribution in [0.3, 0.4) is 0 Å². The lowest BCUT2D eigenvalue weighted by Gasteiger charge is -2.51. The summed E-state index contributed by atoms with van der Waals surface area (Å²) in [6.45, 7) is 9.46. The highest BCUT2D eigenvalue weighted by Crippen LogP contribution is 2.49. The number of carbonyl (C=O) groups excluding carboxylic acids is 1. The number of benzene rings is 2. The molecule has 3 aliphatic heterocycles. The van der Waals surface area contributed by atoms with Crippen molar-refractivity contribution in [2.24, 2.45) is 17.8 Å². The maximum absolute atomic E-state index is 13.5. The minimum Gasteiger partial charge on any atom is -0.490 e. The molecule has 2 fully saturated rings. The third kappa shape index (κ3) is 6.93. The van der Waals surface area contributed by atoms with Crippen molar-refractivity contribution in [3.8, 4) is 5.75 Å². The summed E-state index contributed by atoms with van der Waals surface area (Å²) in [5.74, 6) is 1.20. The Morgan fingerprint density at radius 3 is 2.65 bits per heavy atom. The molecule has 1 saturated heterocycles. The van der Waals surface area contributed by atoms with E-state index in [0.717, 1.165) is 107 Å². The van der Waals surface area contributed by atoms with Crippen molar-refractivity contribution in [3.05, 3.63) is 58.1 Å². The number of likely N-dealkylation sites (tertiary alicyclic amines) is 1. The van der Waals surface area contributed by atoms with E-state index in [2.05, 4.69) is 33.6 Å². The second-order valence-electron chi connectivity index (χ2n) is 15.8. The molecule has 5 unspecified atom stereocenters. The van der Waals surface area contributed by atoms with Gasteiger partial charge in [0.1, 0.15) is 16.7 Å². The van der Waals surface area contributed by atoms with Crippen LogP contribution in [0.1, 0.15) is 106 Å². The first kappa shape index (κ1) is 34.3. The summed E-state index contributed by atoms with van der Waals surface area (Å²) in [6.07, 6.45) is 12.4. The van der Waals surface area contributed by atoms with Crippen LogP contribution < -0.4 is 14.4 Å². The van der Waals surface area contributed by atoms with Gasteiger partial charge in [0.05, 0.1) is 23.1 Å². The smallest absolute Gasteiger partial charge is 0.263 e. The van der Waals surface area contributed by atoms with Gasteiger partial charge in [-0.25, -0.2) is 4.21 Å². The van der Waals surface area contributed by atoms with Gasteiger partial charge in [-0.1, -0.05) is 37.4 Å². The van der Waals surface area contributed by atoms with E-state index in [9.17, 15) is 14.1 Å². The average molecular weight is 696 g/mol. The second-order valence-corrected chi connectivity index (χ2v) is 17.8. The zero-order chi connectivity index (χ0) is 33.5. The number of anilines is 1. The van der Waals surface area contributed by atoms with E-state index in [1.165, 1.54) is 30.4 Å². The molecule has 2 aromatic rings. The molecule has 7 atom stereocenters. The fraction of sp³-hybridized carbons (Fsp3) is 0.667. The Bertz CT molecular complexity index is 1520. The standard InChI is InChI=1S/C39H54ClN3O4S/c1-27-8-6-17-39(45,18-21-42-19-4-3-5-20-42)34-13-10-31(34)24-43-25-38(16-7-9-29-22-32(40)12-14-33(29)38)26-47-36-15-11-30(23-35(36)43)37(44)41-48(46)28(27)2/h11-12,14-15,22-23,27-28,31,34,45H,3-10,13,16-21,24-26H2,1-2H3,(H,41,44)/t27?,28?,31?,34?,38-,39-,48?/m0/s1. The minimum absolute atomic E-state index is 0.156. The summed E-state index contributed by atoms with van der Waals surface area (Å²) < 4.78 is 22.9. The lowest BCUT2D eigenvalue weighted by Crippen LogP contribution is -2.54. The number of nitrogens with zero attached hydrogens (tertiary/aromatic N) is 2. The van der Waals surface area contributed by atoms with Crippen LogP contribution in [0.4, 0.5) is 5.69 Å². The van der Waals surface area contributed by atoms with Crippen molar-refractivity contribution in [1.82, 2.24) is 9.62 Å². The lowest BCUT2D eigenvalue weighted by atomic mass is 9.62. The Hall–Kier alpha value is -2.13. The third-order valence-electron chi connectivity index (χ3n) is 12.8. The molecule has 3 heterocycles. The normalized spacial score (nSPS) is 34.6. The Morgan fingerprint density at radius 1 is 1.02 bits per heavy atom. The molecule has 2 N–H and O–H groups in total. The molecular formula is C39H54ClN3O4S. The number of aliphatic hydroxyl groups is 1. The number of piperidine rings is 1. The molecule has 2 aromatic carbocycles. The summed E-state index contributed by atoms with van der Waals surface area (Å²) in [5.41, 5.74) is 3.10. The van der Waals surface area contributed by atoms with Gasteiger partial charge in [0.2, 0.25) is 0 Å². The van der Waals surface area contributed by atoms with E-state index in [0.29, 0.717) is 18.1 Å². The van der Waals surface area contributed by atoms with Crippen molar-refractivity contribution in [2.75, 3.05) is 44.2 Å². The molecule has 5 aliphatic rings. The Labute approximate surface area is 294 Å². The van der Waals surface area contributed by atoms with Gasteiger partial charge in [0.15, 0.2) is 0 Å². The van der Waals surface area contributed by atoms with Gasteiger partial charge in [-0.3, -0.25) is 9.52 Å². The van der Waals surface area contributed by atoms with Crippen LogP contribution in [0.2, 0.25) is 5.02 Å². The molecule has 2 bridgehead atoms. The largest absolute Gasteiger partial charge is 0.490 e. The first-order valence-electron chi connectivity index (χ1n) is 18.6. The van der Waals surface area contributed by atoms with Crippen molar-refractivity contribution in [2.45, 2.75) is 107 Å². The molecule has 9 heteroatoms. The van der Waals surface area contributed by atoms with Gasteiger partial charge in [-0.15, -0.1) is 0 Å². The first-order valence-corrected chi connectivity index (χ1v) is 20.2. The maximum Gasteiger partial charge on any atom is 0.263 e. The van der Waals surface area contributed by atoms with Crippen LogP contribution in [-0.2, 0) is 22.8 Å². The summed E-state index contributed by atoms with van der Waals surface area (Å²) >= 11 is 6.48. The molecule has 48 heavy (non-hydrogen) atoms. The van der Waals surface area contributed by atoms with E-state index >= 15 is 0 Å². The SMILES string of the molecule is CC1CCC[C@](O)(CCN2CCCCC2)C2CCC2CN2C[C@@]3(CCCc4cc(Cl)ccc43)COc3ccc(cc32)C(=O)NS(=O)C1C. The minimum atomic E-state index is -1.52. The highest BCUT2D eigenvalue weighted by Gasteiger charge is 2.48. The Kier molecular flexibility index (Phi) is 10.2. The molecule has 1 saturated carbocycles. The topological polar surface area (TPSA) is 82.1 Å². The third-order valence-corrected chi connectivity index (χ3v) is 14.5. The fourth-order valence-corrected chi connectivity index (χ4v) is 10.7. The lowest BCUT2D eigenvalue weighted by molar-refractivity contribution is -0.0980. The molecule has 1 spiro atoms. The Balaban J connectivity index is 1.25. The number of halogens is 1. The summed E-state index contributed by atoms with van der Waals surface area (Å²) in [6, 6.07) is 12.0. The summed E-state index contributed by atoms with van der Waals surface area (Å²) in [7, 11) is -1.52. The number of hydrogen-bond acceptors (Lipinski definition) is 6. The average Bonchev–Trinajstić information content (AvgIpc) is 3.22. The highest BCUT2D eigenvalue weighted by atomic mass is 35.5. The van der Waals surface area contributed by atoms with Gasteiger partial charge in [-0.05, 0) is 143 Å². The maximum atomic E-state index is 13.5. The number of ether oxygens (including phenoxy) is 1. The van der Waals surface area contributed by atoms with E-state index in [-0.39, 0.29) is 28.4 Å². The molecule has 7 rings (SSSR count). The summed E-state index contributed by atoms with van der Waals surface area (Å²) in [4.78, 5) is 18.6. The number of carbonyl (C=O) groups is 1. The second kappa shape index (κ2) is 14.2. The number of amides is 1. The predicted octanol–water partition coefficient (Wildman–Crippen LogP) is 7.05. The first-order chi connectivity index (χ1) is 23.1. The van der Waals surface area contributed by atoms with Crippen LogP contribution in [0.5, 0.6) is 5.75 Å². The molecular weight excluding hydrogens is 642 g/mol. The highest BCUT2D eigenvalue weighted by molar-refractivity contribution is 7.84. The molecule has 2 aliphatic carbocycles. The number of hydrogen-bond donors (Lipinski definition) is 2. The van der Waals surface area contributed by atoms with Gasteiger partial charge < -0.3 is 19.6 Å². The fourth-order valence-electron chi connectivity index (χ4n) is 9.48. The van der Waals surface area contributed by atoms with Gasteiger partial charge in [0, 0.05) is 35.6 Å². The zero-order valence-electron chi connectivity index (χ0n) is 28.9. The van der Waals surface area contributed by atoms with Crippen LogP contribution in [-0.4, -0.2) is 70.3 Å². The molecule has 262 valence electrons. The summed E-state index contributed by atoms with van der Waals surface area (Å²) in [5, 5.41) is 13.2. The molecule has 0 aromatic heterocycles. The van der Waals surface area contributed by atoms with Crippen molar-refractivity contribution < 1.29 is 18.8 Å². The number of nitrogens with one attached hydrogen (secondary N) is 1. The van der Waals surface area contributed by atoms with E-state index < -0.39 is 16.6 Å². The number of rotatable bonds is 3. The van der Waals surface area contributed by atoms with E-state index in [1.54, 1.807) is 6.07 Å². The van der Waals surface area contributed by atoms with Crippen molar-refractivity contribution >= 4 is 34.2 Å². The molecule has 7 nitrogen and oxygen atoms in total. The Morgan fingerprint density at radius 2 is 1.85 bits per heavy atom. The number of aryl methyl sites for hydroxylation is 1.